The summed E-state index contributed by atoms with van der Waals surface area (Å²) in [6.45, 7) is 3.36. The van der Waals surface area contributed by atoms with Gasteiger partial charge in [0, 0.05) is 7.05 Å². The van der Waals surface area contributed by atoms with Crippen molar-refractivity contribution in [3.63, 3.8) is 0 Å². The molecule has 184 valence electrons. The largest absolute Gasteiger partial charge is 0.462 e. The Balaban J connectivity index is 1.63. The molecule has 2 fully saturated rings. The van der Waals surface area contributed by atoms with Gasteiger partial charge in [-0.2, -0.15) is 0 Å². The van der Waals surface area contributed by atoms with Crippen LogP contribution in [0.2, 0.25) is 0 Å². The number of alkyl halides is 1. The molecule has 0 saturated carbocycles. The molecular weight excluding hydrogens is 486 g/mol. The van der Waals surface area contributed by atoms with Crippen LogP contribution in [0.25, 0.3) is 11.2 Å². The van der Waals surface area contributed by atoms with Gasteiger partial charge in [0.15, 0.2) is 23.2 Å². The van der Waals surface area contributed by atoms with Gasteiger partial charge in [-0.05, 0) is 39.5 Å². The van der Waals surface area contributed by atoms with E-state index in [0.29, 0.717) is 22.8 Å². The standard InChI is InChI=1S/C20H26FN6O5PS/c1-7-20(21)15-13(8-29-33(34,32-15)26-11(4)18(28)30-10(2)3)31-19(20)27-9-23-14-16(22-6)24-12(5)25-17(14)27/h1,9-11,13,15,19H,8H2,2-6H3,(H,26,34)(H,22,24,25)/t11-,13+,15+,19+,20+,33?/m0/s1. The fourth-order valence-corrected chi connectivity index (χ4v) is 6.50. The first-order chi connectivity index (χ1) is 16.0. The lowest BCUT2D eigenvalue weighted by molar-refractivity contribution is -0.149. The molecule has 2 aromatic heterocycles. The van der Waals surface area contributed by atoms with Crippen LogP contribution >= 0.6 is 6.64 Å². The summed E-state index contributed by atoms with van der Waals surface area (Å²) in [7, 11) is 1.70. The lowest BCUT2D eigenvalue weighted by Crippen LogP contribution is -2.48. The third kappa shape index (κ3) is 4.30. The van der Waals surface area contributed by atoms with Crippen molar-refractivity contribution in [2.24, 2.45) is 0 Å². The highest BCUT2D eigenvalue weighted by Crippen LogP contribution is 2.57. The molecule has 2 aliphatic heterocycles. The lowest BCUT2D eigenvalue weighted by Gasteiger charge is -2.37. The second kappa shape index (κ2) is 9.11. The molecule has 2 aliphatic rings. The molecule has 4 rings (SSSR count). The molecule has 14 heteroatoms. The Bertz CT molecular complexity index is 1200. The fraction of sp³-hybridized carbons (Fsp3) is 0.600. The lowest BCUT2D eigenvalue weighted by atomic mass is 9.97. The van der Waals surface area contributed by atoms with E-state index in [9.17, 15) is 4.79 Å². The van der Waals surface area contributed by atoms with Gasteiger partial charge in [0.05, 0.1) is 19.0 Å². The van der Waals surface area contributed by atoms with Crippen molar-refractivity contribution in [3.05, 3.63) is 12.2 Å². The summed E-state index contributed by atoms with van der Waals surface area (Å²) in [6, 6.07) is -0.833. The summed E-state index contributed by atoms with van der Waals surface area (Å²) in [4.78, 5) is 25.2. The van der Waals surface area contributed by atoms with Gasteiger partial charge in [-0.1, -0.05) is 5.92 Å². The Morgan fingerprint density at radius 2 is 2.21 bits per heavy atom. The van der Waals surface area contributed by atoms with Gasteiger partial charge in [0.1, 0.15) is 24.1 Å². The third-order valence-corrected chi connectivity index (χ3v) is 7.96. The highest BCUT2D eigenvalue weighted by molar-refractivity contribution is 8.09. The highest BCUT2D eigenvalue weighted by atomic mass is 32.5. The number of imidazole rings is 1. The van der Waals surface area contributed by atoms with E-state index >= 15 is 4.39 Å². The highest BCUT2D eigenvalue weighted by Gasteiger charge is 2.62. The van der Waals surface area contributed by atoms with Crippen molar-refractivity contribution in [2.45, 2.75) is 63.9 Å². The molecule has 2 saturated heterocycles. The number of terminal acetylenes is 1. The van der Waals surface area contributed by atoms with Crippen LogP contribution in [0.15, 0.2) is 6.33 Å². The number of nitrogens with zero attached hydrogens (tertiary/aromatic N) is 4. The molecule has 11 nitrogen and oxygen atoms in total. The second-order valence-corrected chi connectivity index (χ2v) is 11.5. The first-order valence-electron chi connectivity index (χ1n) is 10.6. The van der Waals surface area contributed by atoms with Gasteiger partial charge in [-0.25, -0.2) is 24.4 Å². The summed E-state index contributed by atoms with van der Waals surface area (Å²) in [5.41, 5.74) is -1.64. The van der Waals surface area contributed by atoms with Gasteiger partial charge < -0.3 is 23.8 Å². The molecule has 4 heterocycles. The van der Waals surface area contributed by atoms with E-state index in [0.717, 1.165) is 0 Å². The average molecular weight is 513 g/mol. The zero-order chi connectivity index (χ0) is 24.8. The number of rotatable bonds is 6. The van der Waals surface area contributed by atoms with Crippen LogP contribution in [-0.4, -0.2) is 69.2 Å². The van der Waals surface area contributed by atoms with Gasteiger partial charge >= 0.3 is 5.97 Å². The monoisotopic (exact) mass is 512 g/mol. The second-order valence-electron chi connectivity index (χ2n) is 8.29. The maximum atomic E-state index is 16.4. The maximum Gasteiger partial charge on any atom is 0.323 e. The number of halogens is 1. The van der Waals surface area contributed by atoms with Crippen molar-refractivity contribution in [1.82, 2.24) is 24.6 Å². The Kier molecular flexibility index (Phi) is 6.67. The molecular formula is C20H26FN6O5PS. The predicted octanol–water partition coefficient (Wildman–Crippen LogP) is 1.98. The Morgan fingerprint density at radius 1 is 1.47 bits per heavy atom. The minimum absolute atomic E-state index is 0.0762. The van der Waals surface area contributed by atoms with Crippen molar-refractivity contribution < 1.29 is 27.7 Å². The molecule has 0 aliphatic carbocycles. The normalized spacial score (nSPS) is 31.8. The van der Waals surface area contributed by atoms with Crippen LogP contribution in [0.1, 0.15) is 32.8 Å². The number of aryl methyl sites for hydroxylation is 1. The molecule has 1 unspecified atom stereocenters. The van der Waals surface area contributed by atoms with Crippen LogP contribution in [0.4, 0.5) is 10.2 Å². The summed E-state index contributed by atoms with van der Waals surface area (Å²) in [5.74, 6) is 2.62. The minimum atomic E-state index is -3.30. The van der Waals surface area contributed by atoms with E-state index in [1.165, 1.54) is 10.9 Å². The molecule has 2 aromatic rings. The van der Waals surface area contributed by atoms with E-state index in [1.807, 2.05) is 0 Å². The number of hydrogen-bond acceptors (Lipinski definition) is 10. The Hall–Kier alpha value is -2.20. The van der Waals surface area contributed by atoms with Crippen LogP contribution < -0.4 is 10.4 Å². The van der Waals surface area contributed by atoms with Crippen molar-refractivity contribution >= 4 is 41.4 Å². The molecule has 34 heavy (non-hydrogen) atoms. The topological polar surface area (TPSA) is 122 Å². The van der Waals surface area contributed by atoms with Gasteiger partial charge in [-0.15, -0.1) is 6.42 Å². The van der Waals surface area contributed by atoms with Crippen LogP contribution in [0.3, 0.4) is 0 Å². The van der Waals surface area contributed by atoms with Crippen LogP contribution in [-0.2, 0) is 35.1 Å². The van der Waals surface area contributed by atoms with E-state index in [2.05, 4.69) is 31.3 Å². The number of ether oxygens (including phenoxy) is 2. The molecule has 0 amide bonds. The molecule has 0 spiro atoms. The van der Waals surface area contributed by atoms with Gasteiger partial charge in [-0.3, -0.25) is 9.36 Å². The van der Waals surface area contributed by atoms with Gasteiger partial charge in [0.2, 0.25) is 5.67 Å². The first kappa shape index (κ1) is 24.9. The van der Waals surface area contributed by atoms with Crippen molar-refractivity contribution in [1.29, 1.82) is 0 Å². The number of carbonyl (C=O) groups is 1. The number of aromatic nitrogens is 4. The van der Waals surface area contributed by atoms with E-state index in [-0.39, 0.29) is 12.7 Å². The fourth-order valence-electron chi connectivity index (χ4n) is 3.85. The van der Waals surface area contributed by atoms with Crippen LogP contribution in [0.5, 0.6) is 0 Å². The number of esters is 1. The molecule has 0 radical (unpaired) electrons. The van der Waals surface area contributed by atoms with E-state index in [4.69, 9.17) is 36.8 Å². The number of carbonyl (C=O) groups excluding carboxylic acids is 1. The van der Waals surface area contributed by atoms with E-state index in [1.54, 1.807) is 34.7 Å². The molecule has 6 atom stereocenters. The summed E-state index contributed by atoms with van der Waals surface area (Å²) in [6.07, 6.45) is 3.38. The SMILES string of the molecule is C#C[C@@]1(F)[C@@H]2OP(=S)(N[C@@H](C)C(=O)OC(C)C)OC[C@H]2O[C@H]1n1cnc2c(NC)nc(C)nc21. The summed E-state index contributed by atoms with van der Waals surface area (Å²) >= 11 is 5.51. The van der Waals surface area contributed by atoms with Gasteiger partial charge in [0.25, 0.3) is 6.64 Å². The maximum absolute atomic E-state index is 16.4. The van der Waals surface area contributed by atoms with E-state index < -0.39 is 42.8 Å². The number of hydrogen-bond donors (Lipinski definition) is 2. The smallest absolute Gasteiger partial charge is 0.323 e. The third-order valence-electron chi connectivity index (χ3n) is 5.38. The summed E-state index contributed by atoms with van der Waals surface area (Å²) < 4.78 is 40.6. The zero-order valence-electron chi connectivity index (χ0n) is 19.3. The average Bonchev–Trinajstić information content (AvgIpc) is 3.31. The molecule has 2 N–H and O–H groups in total. The van der Waals surface area contributed by atoms with Crippen molar-refractivity contribution in [3.8, 4) is 12.3 Å². The number of nitrogens with one attached hydrogen (secondary N) is 2. The Labute approximate surface area is 201 Å². The molecule has 0 bridgehead atoms. The zero-order valence-corrected chi connectivity index (χ0v) is 21.0. The Morgan fingerprint density at radius 3 is 2.85 bits per heavy atom. The molecule has 0 aromatic carbocycles. The minimum Gasteiger partial charge on any atom is -0.462 e. The summed E-state index contributed by atoms with van der Waals surface area (Å²) in [5, 5.41) is 5.79. The first-order valence-corrected chi connectivity index (χ1v) is 13.3. The van der Waals surface area contributed by atoms with Crippen molar-refractivity contribution in [2.75, 3.05) is 19.0 Å². The number of anilines is 1. The quantitative estimate of drug-likeness (QED) is 0.336. The predicted molar refractivity (Wildman–Crippen MR) is 125 cm³/mol. The van der Waals surface area contributed by atoms with Crippen LogP contribution in [0, 0.1) is 19.3 Å². The number of fused-ring (bicyclic) bond motifs is 2.